The predicted molar refractivity (Wildman–Crippen MR) is 98.7 cm³/mol. The molecular formula is C21H23NO4. The number of hydrogen-bond donors (Lipinski definition) is 1. The highest BCUT2D eigenvalue weighted by Gasteiger charge is 2.29. The Balaban J connectivity index is 1.65. The van der Waals surface area contributed by atoms with E-state index in [0.29, 0.717) is 49.4 Å². The van der Waals surface area contributed by atoms with E-state index in [0.717, 1.165) is 0 Å². The molecule has 3 rings (SSSR count). The average Bonchev–Trinajstić information content (AvgIpc) is 2.69. The van der Waals surface area contributed by atoms with Crippen molar-refractivity contribution in [3.8, 4) is 11.5 Å². The van der Waals surface area contributed by atoms with Crippen LogP contribution in [0.1, 0.15) is 40.5 Å². The molecule has 0 saturated carbocycles. The fourth-order valence-electron chi connectivity index (χ4n) is 3.30. The lowest BCUT2D eigenvalue weighted by Crippen LogP contribution is -2.40. The summed E-state index contributed by atoms with van der Waals surface area (Å²) in [6.07, 6.45) is 1.19. The molecule has 0 aliphatic carbocycles. The topological polar surface area (TPSA) is 66.8 Å². The molecule has 5 nitrogen and oxygen atoms in total. The molecule has 0 bridgehead atoms. The van der Waals surface area contributed by atoms with Crippen LogP contribution in [0.4, 0.5) is 0 Å². The number of likely N-dealkylation sites (tertiary alicyclic amines) is 1. The lowest BCUT2D eigenvalue weighted by Gasteiger charge is -2.31. The molecule has 0 aromatic heterocycles. The first-order valence-corrected chi connectivity index (χ1v) is 8.94. The van der Waals surface area contributed by atoms with Crippen LogP contribution in [-0.4, -0.2) is 41.4 Å². The summed E-state index contributed by atoms with van der Waals surface area (Å²) in [5, 5.41) is 10.1. The van der Waals surface area contributed by atoms with E-state index in [4.69, 9.17) is 4.74 Å². The van der Waals surface area contributed by atoms with Crippen molar-refractivity contribution >= 4 is 11.7 Å². The first kappa shape index (κ1) is 18.0. The van der Waals surface area contributed by atoms with Gasteiger partial charge in [0, 0.05) is 24.6 Å². The van der Waals surface area contributed by atoms with Gasteiger partial charge >= 0.3 is 0 Å². The summed E-state index contributed by atoms with van der Waals surface area (Å²) in [6.45, 7) is 3.44. The number of amides is 1. The van der Waals surface area contributed by atoms with Gasteiger partial charge in [0.05, 0.1) is 12.2 Å². The number of nitrogens with zero attached hydrogens (tertiary/aromatic N) is 1. The van der Waals surface area contributed by atoms with Crippen molar-refractivity contribution in [2.45, 2.75) is 19.8 Å². The third-order valence-corrected chi connectivity index (χ3v) is 4.72. The van der Waals surface area contributed by atoms with Crippen LogP contribution in [0.5, 0.6) is 11.5 Å². The second kappa shape index (κ2) is 8.04. The van der Waals surface area contributed by atoms with Gasteiger partial charge in [-0.15, -0.1) is 0 Å². The van der Waals surface area contributed by atoms with Crippen molar-refractivity contribution in [3.63, 3.8) is 0 Å². The molecule has 0 spiro atoms. The summed E-state index contributed by atoms with van der Waals surface area (Å²) >= 11 is 0. The van der Waals surface area contributed by atoms with E-state index in [1.807, 2.05) is 25.1 Å². The molecule has 2 aromatic carbocycles. The van der Waals surface area contributed by atoms with Crippen LogP contribution < -0.4 is 4.74 Å². The number of benzene rings is 2. The number of piperidine rings is 1. The van der Waals surface area contributed by atoms with Gasteiger partial charge in [-0.2, -0.15) is 0 Å². The molecule has 0 atom stereocenters. The zero-order chi connectivity index (χ0) is 18.5. The Morgan fingerprint density at radius 1 is 1.12 bits per heavy atom. The molecule has 1 aliphatic heterocycles. The fourth-order valence-corrected chi connectivity index (χ4v) is 3.30. The molecule has 0 unspecified atom stereocenters. The van der Waals surface area contributed by atoms with Crippen molar-refractivity contribution < 1.29 is 19.4 Å². The van der Waals surface area contributed by atoms with Gasteiger partial charge in [0.15, 0.2) is 5.78 Å². The molecule has 136 valence electrons. The van der Waals surface area contributed by atoms with E-state index in [1.165, 1.54) is 6.07 Å². The number of ether oxygens (including phenoxy) is 1. The number of hydrogen-bond acceptors (Lipinski definition) is 4. The first-order valence-electron chi connectivity index (χ1n) is 8.94. The molecule has 1 fully saturated rings. The molecule has 2 aromatic rings. The van der Waals surface area contributed by atoms with Crippen molar-refractivity contribution in [2.75, 3.05) is 19.7 Å². The van der Waals surface area contributed by atoms with Crippen molar-refractivity contribution in [1.29, 1.82) is 0 Å². The maximum absolute atomic E-state index is 12.8. The molecule has 1 heterocycles. The number of rotatable bonds is 5. The number of phenolic OH excluding ortho intramolecular Hbond substituents is 1. The smallest absolute Gasteiger partial charge is 0.253 e. The molecule has 5 heteroatoms. The SMILES string of the molecule is CCOc1ccc(O)c(C(=O)C2CCN(C(=O)c3ccccc3)CC2)c1. The van der Waals surface area contributed by atoms with Crippen LogP contribution in [0.3, 0.4) is 0 Å². The highest BCUT2D eigenvalue weighted by molar-refractivity contribution is 6.01. The zero-order valence-corrected chi connectivity index (χ0v) is 14.9. The van der Waals surface area contributed by atoms with Crippen LogP contribution in [0, 0.1) is 5.92 Å². The molecule has 1 saturated heterocycles. The van der Waals surface area contributed by atoms with Gasteiger partial charge in [0.2, 0.25) is 0 Å². The summed E-state index contributed by atoms with van der Waals surface area (Å²) < 4.78 is 5.42. The Bertz CT molecular complexity index is 780. The van der Waals surface area contributed by atoms with E-state index < -0.39 is 0 Å². The Hall–Kier alpha value is -2.82. The van der Waals surface area contributed by atoms with Crippen LogP contribution in [0.2, 0.25) is 0 Å². The molecule has 0 radical (unpaired) electrons. The van der Waals surface area contributed by atoms with E-state index in [2.05, 4.69) is 0 Å². The average molecular weight is 353 g/mol. The van der Waals surface area contributed by atoms with E-state index >= 15 is 0 Å². The molecule has 1 amide bonds. The predicted octanol–water partition coefficient (Wildman–Crippen LogP) is 3.53. The van der Waals surface area contributed by atoms with Crippen LogP contribution in [0.15, 0.2) is 48.5 Å². The number of aromatic hydroxyl groups is 1. The Labute approximate surface area is 153 Å². The summed E-state index contributed by atoms with van der Waals surface area (Å²) in [5.74, 6) is 0.262. The van der Waals surface area contributed by atoms with Gasteiger partial charge < -0.3 is 14.7 Å². The number of Topliss-reactive ketones (excluding diaryl/α,β-unsaturated/α-hetero) is 1. The number of phenols is 1. The second-order valence-electron chi connectivity index (χ2n) is 6.41. The quantitative estimate of drug-likeness (QED) is 0.835. The lowest BCUT2D eigenvalue weighted by molar-refractivity contribution is 0.0649. The maximum Gasteiger partial charge on any atom is 0.253 e. The normalized spacial score (nSPS) is 14.9. The number of ketones is 1. The largest absolute Gasteiger partial charge is 0.507 e. The number of carbonyl (C=O) groups excluding carboxylic acids is 2. The molecule has 1 N–H and O–H groups in total. The van der Waals surface area contributed by atoms with Crippen molar-refractivity contribution in [3.05, 3.63) is 59.7 Å². The molecular weight excluding hydrogens is 330 g/mol. The fraction of sp³-hybridized carbons (Fsp3) is 0.333. The van der Waals surface area contributed by atoms with E-state index in [-0.39, 0.29) is 23.4 Å². The highest BCUT2D eigenvalue weighted by atomic mass is 16.5. The number of carbonyl (C=O) groups is 2. The van der Waals surface area contributed by atoms with Crippen molar-refractivity contribution in [1.82, 2.24) is 4.90 Å². The van der Waals surface area contributed by atoms with Gasteiger partial charge in [-0.25, -0.2) is 0 Å². The summed E-state index contributed by atoms with van der Waals surface area (Å²) in [7, 11) is 0. The maximum atomic E-state index is 12.8. The van der Waals surface area contributed by atoms with Gasteiger partial charge in [0.25, 0.3) is 5.91 Å². The van der Waals surface area contributed by atoms with Crippen LogP contribution in [0.25, 0.3) is 0 Å². The monoisotopic (exact) mass is 353 g/mol. The highest BCUT2D eigenvalue weighted by Crippen LogP contribution is 2.29. The minimum Gasteiger partial charge on any atom is -0.507 e. The zero-order valence-electron chi connectivity index (χ0n) is 14.9. The first-order chi connectivity index (χ1) is 12.6. The second-order valence-corrected chi connectivity index (χ2v) is 6.41. The summed E-state index contributed by atoms with van der Waals surface area (Å²) in [6, 6.07) is 13.9. The van der Waals surface area contributed by atoms with E-state index in [9.17, 15) is 14.7 Å². The Morgan fingerprint density at radius 2 is 1.81 bits per heavy atom. The third kappa shape index (κ3) is 3.87. The van der Waals surface area contributed by atoms with E-state index in [1.54, 1.807) is 29.2 Å². The van der Waals surface area contributed by atoms with Gasteiger partial charge in [-0.1, -0.05) is 18.2 Å². The Kier molecular flexibility index (Phi) is 5.56. The van der Waals surface area contributed by atoms with Crippen molar-refractivity contribution in [2.24, 2.45) is 5.92 Å². The lowest BCUT2D eigenvalue weighted by atomic mass is 9.88. The minimum absolute atomic E-state index is 0.00214. The van der Waals surface area contributed by atoms with Gasteiger partial charge in [0.1, 0.15) is 11.5 Å². The summed E-state index contributed by atoms with van der Waals surface area (Å²) in [4.78, 5) is 27.1. The van der Waals surface area contributed by atoms with Crippen LogP contribution in [-0.2, 0) is 0 Å². The third-order valence-electron chi connectivity index (χ3n) is 4.72. The van der Waals surface area contributed by atoms with Crippen LogP contribution >= 0.6 is 0 Å². The molecule has 1 aliphatic rings. The Morgan fingerprint density at radius 3 is 2.46 bits per heavy atom. The minimum atomic E-state index is -0.197. The molecule has 26 heavy (non-hydrogen) atoms. The summed E-state index contributed by atoms with van der Waals surface area (Å²) in [5.41, 5.74) is 0.961. The standard InChI is InChI=1S/C21H23NO4/c1-2-26-17-8-9-19(23)18(14-17)20(24)15-10-12-22(13-11-15)21(25)16-6-4-3-5-7-16/h3-9,14-15,23H,2,10-13H2,1H3. The van der Waals surface area contributed by atoms with Gasteiger partial charge in [-0.3, -0.25) is 9.59 Å². The van der Waals surface area contributed by atoms with Gasteiger partial charge in [-0.05, 0) is 50.1 Å².